The average molecular weight is 364 g/mol. The second-order valence-corrected chi connectivity index (χ2v) is 7.04. The van der Waals surface area contributed by atoms with Crippen molar-refractivity contribution >= 4 is 29.3 Å². The maximum Gasteiger partial charge on any atom is 0.260 e. The summed E-state index contributed by atoms with van der Waals surface area (Å²) in [7, 11) is 0. The summed E-state index contributed by atoms with van der Waals surface area (Å²) in [5, 5.41) is 3.66. The second kappa shape index (κ2) is 9.60. The number of hydrogen-bond acceptors (Lipinski definition) is 3. The Kier molecular flexibility index (Phi) is 7.47. The zero-order valence-corrected chi connectivity index (χ0v) is 15.5. The molecule has 2 aromatic carbocycles. The molecule has 0 fully saturated rings. The number of rotatable bonds is 8. The molecule has 2 rings (SSSR count). The van der Waals surface area contributed by atoms with Crippen molar-refractivity contribution in [2.45, 2.75) is 25.7 Å². The van der Waals surface area contributed by atoms with Crippen LogP contribution < -0.4 is 10.1 Å². The molecule has 2 aromatic rings. The Labute approximate surface area is 152 Å². The monoisotopic (exact) mass is 363 g/mol. The molecule has 1 amide bonds. The third-order valence-corrected chi connectivity index (χ3v) is 4.78. The predicted octanol–water partition coefficient (Wildman–Crippen LogP) is 4.47. The Balaban J connectivity index is 1.65. The largest absolute Gasteiger partial charge is 0.481 e. The summed E-state index contributed by atoms with van der Waals surface area (Å²) >= 11 is 7.64. The SMILES string of the molecule is Cc1ccccc1O[C@H](C)C(=O)NCCSCc1ccc(Cl)cc1. The van der Waals surface area contributed by atoms with Crippen LogP contribution in [0.2, 0.25) is 5.02 Å². The van der Waals surface area contributed by atoms with Crippen LogP contribution in [0.3, 0.4) is 0 Å². The molecule has 0 heterocycles. The summed E-state index contributed by atoms with van der Waals surface area (Å²) in [5.74, 6) is 2.41. The first-order chi connectivity index (χ1) is 11.6. The summed E-state index contributed by atoms with van der Waals surface area (Å²) in [6.07, 6.45) is -0.507. The van der Waals surface area contributed by atoms with E-state index >= 15 is 0 Å². The number of aryl methyl sites for hydroxylation is 1. The highest BCUT2D eigenvalue weighted by Crippen LogP contribution is 2.18. The Bertz CT molecular complexity index is 661. The van der Waals surface area contributed by atoms with E-state index in [0.29, 0.717) is 6.54 Å². The second-order valence-electron chi connectivity index (χ2n) is 5.50. The first-order valence-electron chi connectivity index (χ1n) is 7.88. The van der Waals surface area contributed by atoms with Gasteiger partial charge < -0.3 is 10.1 Å². The van der Waals surface area contributed by atoms with Crippen LogP contribution in [0.5, 0.6) is 5.75 Å². The standard InChI is InChI=1S/C19H22ClNO2S/c1-14-5-3-4-6-18(14)23-15(2)19(22)21-11-12-24-13-16-7-9-17(20)10-8-16/h3-10,15H,11-13H2,1-2H3,(H,21,22)/t15-/m1/s1. The van der Waals surface area contributed by atoms with Crippen LogP contribution in [0.15, 0.2) is 48.5 Å². The molecule has 0 bridgehead atoms. The molecule has 24 heavy (non-hydrogen) atoms. The number of hydrogen-bond donors (Lipinski definition) is 1. The fraction of sp³-hybridized carbons (Fsp3) is 0.316. The van der Waals surface area contributed by atoms with Gasteiger partial charge in [0.25, 0.3) is 5.91 Å². The van der Waals surface area contributed by atoms with E-state index in [4.69, 9.17) is 16.3 Å². The minimum absolute atomic E-state index is 0.0923. The molecular formula is C19H22ClNO2S. The van der Waals surface area contributed by atoms with E-state index in [1.165, 1.54) is 5.56 Å². The number of amides is 1. The van der Waals surface area contributed by atoms with Crippen LogP contribution in [0, 0.1) is 6.92 Å². The lowest BCUT2D eigenvalue weighted by atomic mass is 10.2. The van der Waals surface area contributed by atoms with Crippen molar-refractivity contribution in [2.75, 3.05) is 12.3 Å². The molecule has 1 atom stereocenters. The van der Waals surface area contributed by atoms with Gasteiger partial charge in [0.1, 0.15) is 5.75 Å². The van der Waals surface area contributed by atoms with Crippen LogP contribution in [-0.4, -0.2) is 24.3 Å². The minimum Gasteiger partial charge on any atom is -0.481 e. The number of thioether (sulfide) groups is 1. The minimum atomic E-state index is -0.507. The highest BCUT2D eigenvalue weighted by Gasteiger charge is 2.14. The zero-order chi connectivity index (χ0) is 17.4. The van der Waals surface area contributed by atoms with E-state index in [1.807, 2.05) is 55.5 Å². The van der Waals surface area contributed by atoms with Crippen molar-refractivity contribution in [3.05, 3.63) is 64.7 Å². The van der Waals surface area contributed by atoms with Crippen molar-refractivity contribution in [3.63, 3.8) is 0 Å². The summed E-state index contributed by atoms with van der Waals surface area (Å²) in [6, 6.07) is 15.5. The van der Waals surface area contributed by atoms with E-state index in [9.17, 15) is 4.79 Å². The van der Waals surface area contributed by atoms with Crippen molar-refractivity contribution in [2.24, 2.45) is 0 Å². The van der Waals surface area contributed by atoms with E-state index in [0.717, 1.165) is 27.8 Å². The number of carbonyl (C=O) groups is 1. The molecule has 0 saturated heterocycles. The Hall–Kier alpha value is -1.65. The van der Waals surface area contributed by atoms with Gasteiger partial charge in [0.05, 0.1) is 0 Å². The molecule has 0 unspecified atom stereocenters. The molecule has 5 heteroatoms. The summed E-state index contributed by atoms with van der Waals surface area (Å²) in [5.41, 5.74) is 2.25. The summed E-state index contributed by atoms with van der Waals surface area (Å²) in [6.45, 7) is 4.36. The maximum atomic E-state index is 12.1. The molecule has 0 aliphatic rings. The smallest absolute Gasteiger partial charge is 0.260 e. The fourth-order valence-electron chi connectivity index (χ4n) is 2.09. The molecule has 0 aromatic heterocycles. The van der Waals surface area contributed by atoms with Crippen LogP contribution in [0.1, 0.15) is 18.1 Å². The van der Waals surface area contributed by atoms with Gasteiger partial charge in [-0.05, 0) is 43.2 Å². The third kappa shape index (κ3) is 6.10. The molecule has 0 spiro atoms. The lowest BCUT2D eigenvalue weighted by molar-refractivity contribution is -0.127. The first kappa shape index (κ1) is 18.7. The summed E-state index contributed by atoms with van der Waals surface area (Å²) in [4.78, 5) is 12.1. The van der Waals surface area contributed by atoms with Gasteiger partial charge in [0.15, 0.2) is 6.10 Å². The van der Waals surface area contributed by atoms with Crippen LogP contribution in [0.4, 0.5) is 0 Å². The van der Waals surface area contributed by atoms with Crippen molar-refractivity contribution in [1.82, 2.24) is 5.32 Å². The van der Waals surface area contributed by atoms with Crippen molar-refractivity contribution in [1.29, 1.82) is 0 Å². The predicted molar refractivity (Wildman–Crippen MR) is 102 cm³/mol. The van der Waals surface area contributed by atoms with Crippen LogP contribution in [-0.2, 0) is 10.5 Å². The number of carbonyl (C=O) groups excluding carboxylic acids is 1. The molecular weight excluding hydrogens is 342 g/mol. The molecule has 0 aliphatic heterocycles. The van der Waals surface area contributed by atoms with Crippen molar-refractivity contribution < 1.29 is 9.53 Å². The third-order valence-electron chi connectivity index (χ3n) is 3.49. The van der Waals surface area contributed by atoms with Crippen LogP contribution >= 0.6 is 23.4 Å². The quantitative estimate of drug-likeness (QED) is 0.703. The molecule has 0 radical (unpaired) electrons. The number of nitrogens with one attached hydrogen (secondary N) is 1. The highest BCUT2D eigenvalue weighted by atomic mass is 35.5. The van der Waals surface area contributed by atoms with Gasteiger partial charge in [-0.25, -0.2) is 0 Å². The average Bonchev–Trinajstić information content (AvgIpc) is 2.58. The van der Waals surface area contributed by atoms with E-state index in [2.05, 4.69) is 5.32 Å². The van der Waals surface area contributed by atoms with E-state index in [1.54, 1.807) is 18.7 Å². The Morgan fingerprint density at radius 3 is 2.62 bits per heavy atom. The van der Waals surface area contributed by atoms with E-state index < -0.39 is 6.10 Å². The fourth-order valence-corrected chi connectivity index (χ4v) is 3.04. The molecule has 0 aliphatic carbocycles. The van der Waals surface area contributed by atoms with Crippen molar-refractivity contribution in [3.8, 4) is 5.75 Å². The van der Waals surface area contributed by atoms with Gasteiger partial charge in [-0.3, -0.25) is 4.79 Å². The lowest BCUT2D eigenvalue weighted by Gasteiger charge is -2.16. The van der Waals surface area contributed by atoms with Gasteiger partial charge in [-0.1, -0.05) is 41.9 Å². The van der Waals surface area contributed by atoms with E-state index in [-0.39, 0.29) is 5.91 Å². The number of para-hydroxylation sites is 1. The molecule has 0 saturated carbocycles. The molecule has 128 valence electrons. The number of benzene rings is 2. The van der Waals surface area contributed by atoms with Gasteiger partial charge in [0, 0.05) is 23.1 Å². The van der Waals surface area contributed by atoms with Gasteiger partial charge >= 0.3 is 0 Å². The normalized spacial score (nSPS) is 11.8. The number of halogens is 1. The topological polar surface area (TPSA) is 38.3 Å². The molecule has 3 nitrogen and oxygen atoms in total. The first-order valence-corrected chi connectivity index (χ1v) is 9.41. The maximum absolute atomic E-state index is 12.1. The number of ether oxygens (including phenoxy) is 1. The lowest BCUT2D eigenvalue weighted by Crippen LogP contribution is -2.37. The van der Waals surface area contributed by atoms with Gasteiger partial charge in [0.2, 0.25) is 0 Å². The van der Waals surface area contributed by atoms with Gasteiger partial charge in [-0.2, -0.15) is 11.8 Å². The van der Waals surface area contributed by atoms with Gasteiger partial charge in [-0.15, -0.1) is 0 Å². The van der Waals surface area contributed by atoms with Crippen LogP contribution in [0.25, 0.3) is 0 Å². The Morgan fingerprint density at radius 2 is 1.92 bits per heavy atom. The highest BCUT2D eigenvalue weighted by molar-refractivity contribution is 7.98. The zero-order valence-electron chi connectivity index (χ0n) is 13.9. The summed E-state index contributed by atoms with van der Waals surface area (Å²) < 4.78 is 5.71. The molecule has 1 N–H and O–H groups in total. The Morgan fingerprint density at radius 1 is 1.21 bits per heavy atom.